The molecule has 0 radical (unpaired) electrons. The predicted octanol–water partition coefficient (Wildman–Crippen LogP) is 2.75. The maximum Gasteiger partial charge on any atom is 0.255 e. The van der Waals surface area contributed by atoms with Crippen LogP contribution in [0.1, 0.15) is 23.7 Å². The minimum Gasteiger partial charge on any atom is -0.398 e. The molecule has 0 saturated carbocycles. The van der Waals surface area contributed by atoms with Crippen LogP contribution in [-0.2, 0) is 6.54 Å². The van der Waals surface area contributed by atoms with Crippen molar-refractivity contribution in [2.24, 2.45) is 0 Å². The molecule has 21 heavy (non-hydrogen) atoms. The third-order valence-electron chi connectivity index (χ3n) is 2.96. The number of nitrogens with zero attached hydrogens (tertiary/aromatic N) is 1. The highest BCUT2D eigenvalue weighted by Gasteiger charge is 2.08. The Labute approximate surface area is 127 Å². The molecule has 0 unspecified atom stereocenters. The van der Waals surface area contributed by atoms with E-state index in [4.69, 9.17) is 17.3 Å². The number of benzene rings is 1. The zero-order valence-corrected chi connectivity index (χ0v) is 12.4. The Hall–Kier alpha value is -2.27. The number of aryl methyl sites for hydroxylation is 1. The Morgan fingerprint density at radius 2 is 2.10 bits per heavy atom. The lowest BCUT2D eigenvalue weighted by Gasteiger charge is -2.09. The van der Waals surface area contributed by atoms with E-state index in [9.17, 15) is 9.59 Å². The van der Waals surface area contributed by atoms with E-state index in [1.807, 2.05) is 6.92 Å². The molecule has 0 atom stereocenters. The first kappa shape index (κ1) is 15.1. The van der Waals surface area contributed by atoms with Gasteiger partial charge in [0.2, 0.25) is 0 Å². The van der Waals surface area contributed by atoms with Gasteiger partial charge in [-0.15, -0.1) is 0 Å². The smallest absolute Gasteiger partial charge is 0.255 e. The molecular formula is C15H16ClN3O2. The predicted molar refractivity (Wildman–Crippen MR) is 84.8 cm³/mol. The summed E-state index contributed by atoms with van der Waals surface area (Å²) < 4.78 is 1.56. The normalized spacial score (nSPS) is 10.4. The average molecular weight is 306 g/mol. The van der Waals surface area contributed by atoms with Crippen LogP contribution in [0, 0.1) is 0 Å². The number of amides is 1. The first-order valence-corrected chi connectivity index (χ1v) is 6.96. The molecule has 0 bridgehead atoms. The van der Waals surface area contributed by atoms with Gasteiger partial charge in [-0.05, 0) is 30.7 Å². The van der Waals surface area contributed by atoms with Crippen molar-refractivity contribution in [3.05, 3.63) is 57.5 Å². The van der Waals surface area contributed by atoms with Gasteiger partial charge in [-0.3, -0.25) is 9.59 Å². The van der Waals surface area contributed by atoms with Gasteiger partial charge in [0.05, 0.1) is 16.4 Å². The second kappa shape index (κ2) is 6.45. The second-order valence-corrected chi connectivity index (χ2v) is 5.05. The van der Waals surface area contributed by atoms with Crippen molar-refractivity contribution >= 4 is 28.9 Å². The summed E-state index contributed by atoms with van der Waals surface area (Å²) >= 11 is 5.82. The minimum atomic E-state index is -0.305. The maximum atomic E-state index is 12.1. The number of carbonyl (C=O) groups is 1. The quantitative estimate of drug-likeness (QED) is 0.853. The van der Waals surface area contributed by atoms with Crippen LogP contribution in [0.25, 0.3) is 0 Å². The molecule has 110 valence electrons. The first-order chi connectivity index (χ1) is 10.0. The summed E-state index contributed by atoms with van der Waals surface area (Å²) in [4.78, 5) is 23.8. The minimum absolute atomic E-state index is 0.0920. The van der Waals surface area contributed by atoms with Crippen LogP contribution in [0.15, 0.2) is 41.3 Å². The monoisotopic (exact) mass is 305 g/mol. The van der Waals surface area contributed by atoms with Crippen molar-refractivity contribution in [1.29, 1.82) is 0 Å². The number of carbonyl (C=O) groups excluding carboxylic acids is 1. The Balaban J connectivity index is 2.21. The number of anilines is 2. The molecule has 2 rings (SSSR count). The molecule has 0 fully saturated rings. The van der Waals surface area contributed by atoms with Crippen LogP contribution in [0.5, 0.6) is 0 Å². The highest BCUT2D eigenvalue weighted by molar-refractivity contribution is 6.33. The van der Waals surface area contributed by atoms with Gasteiger partial charge in [0.1, 0.15) is 0 Å². The summed E-state index contributed by atoms with van der Waals surface area (Å²) in [5.74, 6) is -0.305. The van der Waals surface area contributed by atoms with Crippen molar-refractivity contribution in [3.8, 4) is 0 Å². The van der Waals surface area contributed by atoms with Crippen molar-refractivity contribution in [2.45, 2.75) is 19.9 Å². The van der Waals surface area contributed by atoms with E-state index >= 15 is 0 Å². The molecule has 0 spiro atoms. The van der Waals surface area contributed by atoms with Gasteiger partial charge in [0.15, 0.2) is 0 Å². The molecule has 1 amide bonds. The van der Waals surface area contributed by atoms with E-state index in [1.54, 1.807) is 29.0 Å². The molecule has 2 aromatic rings. The fraction of sp³-hybridized carbons (Fsp3) is 0.200. The molecule has 0 aliphatic rings. The zero-order valence-electron chi connectivity index (χ0n) is 11.6. The van der Waals surface area contributed by atoms with Crippen molar-refractivity contribution < 1.29 is 4.79 Å². The lowest BCUT2D eigenvalue weighted by Crippen LogP contribution is -2.20. The van der Waals surface area contributed by atoms with Crippen molar-refractivity contribution in [2.75, 3.05) is 11.1 Å². The van der Waals surface area contributed by atoms with Crippen LogP contribution < -0.4 is 16.6 Å². The Morgan fingerprint density at radius 3 is 2.76 bits per heavy atom. The summed E-state index contributed by atoms with van der Waals surface area (Å²) in [6.07, 6.45) is 2.47. The highest BCUT2D eigenvalue weighted by atomic mass is 35.5. The van der Waals surface area contributed by atoms with Gasteiger partial charge >= 0.3 is 0 Å². The number of nitrogens with two attached hydrogens (primary N) is 1. The number of pyridine rings is 1. The van der Waals surface area contributed by atoms with Gasteiger partial charge in [-0.25, -0.2) is 0 Å². The Kier molecular flexibility index (Phi) is 4.65. The Morgan fingerprint density at radius 1 is 1.33 bits per heavy atom. The molecule has 1 aromatic heterocycles. The fourth-order valence-electron chi connectivity index (χ4n) is 1.91. The number of aromatic nitrogens is 1. The SMILES string of the molecule is CCCn1cc(NC(=O)c2ccc(Cl)c(N)c2)ccc1=O. The summed E-state index contributed by atoms with van der Waals surface area (Å²) in [7, 11) is 0. The summed E-state index contributed by atoms with van der Waals surface area (Å²) in [5, 5.41) is 3.14. The number of nitrogens with one attached hydrogen (secondary N) is 1. The molecule has 3 N–H and O–H groups in total. The summed E-state index contributed by atoms with van der Waals surface area (Å²) in [6.45, 7) is 2.59. The molecule has 1 heterocycles. The van der Waals surface area contributed by atoms with E-state index in [2.05, 4.69) is 5.32 Å². The van der Waals surface area contributed by atoms with Crippen molar-refractivity contribution in [3.63, 3.8) is 0 Å². The van der Waals surface area contributed by atoms with Gasteiger partial charge < -0.3 is 15.6 Å². The van der Waals surface area contributed by atoms with E-state index in [0.29, 0.717) is 28.5 Å². The maximum absolute atomic E-state index is 12.1. The van der Waals surface area contributed by atoms with Gasteiger partial charge in [-0.1, -0.05) is 18.5 Å². The van der Waals surface area contributed by atoms with E-state index < -0.39 is 0 Å². The van der Waals surface area contributed by atoms with Crippen LogP contribution in [0.2, 0.25) is 5.02 Å². The van der Waals surface area contributed by atoms with Gasteiger partial charge in [-0.2, -0.15) is 0 Å². The third kappa shape index (κ3) is 3.64. The second-order valence-electron chi connectivity index (χ2n) is 4.64. The standard InChI is InChI=1S/C15H16ClN3O2/c1-2-7-19-9-11(4-6-14(19)20)18-15(21)10-3-5-12(16)13(17)8-10/h3-6,8-9H,2,7,17H2,1H3,(H,18,21). The van der Waals surface area contributed by atoms with Crippen molar-refractivity contribution in [1.82, 2.24) is 4.57 Å². The molecule has 0 saturated heterocycles. The van der Waals surface area contributed by atoms with Gasteiger partial charge in [0, 0.05) is 24.4 Å². The molecule has 0 aliphatic heterocycles. The van der Waals surface area contributed by atoms with Crippen LogP contribution >= 0.6 is 11.6 Å². The summed E-state index contributed by atoms with van der Waals surface area (Å²) in [5.41, 5.74) is 6.90. The third-order valence-corrected chi connectivity index (χ3v) is 3.31. The Bertz CT molecular complexity index is 725. The van der Waals surface area contributed by atoms with Crippen LogP contribution in [-0.4, -0.2) is 10.5 Å². The number of hydrogen-bond acceptors (Lipinski definition) is 3. The van der Waals surface area contributed by atoms with Crippen LogP contribution in [0.3, 0.4) is 0 Å². The first-order valence-electron chi connectivity index (χ1n) is 6.58. The molecule has 6 heteroatoms. The van der Waals surface area contributed by atoms with E-state index in [0.717, 1.165) is 6.42 Å². The summed E-state index contributed by atoms with van der Waals surface area (Å²) in [6, 6.07) is 7.69. The van der Waals surface area contributed by atoms with Crippen LogP contribution in [0.4, 0.5) is 11.4 Å². The largest absolute Gasteiger partial charge is 0.398 e. The number of halogens is 1. The number of rotatable bonds is 4. The highest BCUT2D eigenvalue weighted by Crippen LogP contribution is 2.20. The average Bonchev–Trinajstić information content (AvgIpc) is 2.45. The number of nitrogen functional groups attached to an aromatic ring is 1. The lowest BCUT2D eigenvalue weighted by molar-refractivity contribution is 0.102. The molecular weight excluding hydrogens is 290 g/mol. The zero-order chi connectivity index (χ0) is 15.4. The van der Waals surface area contributed by atoms with E-state index in [1.165, 1.54) is 12.1 Å². The molecule has 1 aromatic carbocycles. The molecule has 5 nitrogen and oxygen atoms in total. The number of hydrogen-bond donors (Lipinski definition) is 2. The van der Waals surface area contributed by atoms with E-state index in [-0.39, 0.29) is 11.5 Å². The van der Waals surface area contributed by atoms with Gasteiger partial charge in [0.25, 0.3) is 11.5 Å². The fourth-order valence-corrected chi connectivity index (χ4v) is 2.03. The topological polar surface area (TPSA) is 77.1 Å². The lowest BCUT2D eigenvalue weighted by atomic mass is 10.2. The molecule has 0 aliphatic carbocycles.